The van der Waals surface area contributed by atoms with Crippen molar-refractivity contribution in [3.05, 3.63) is 33.8 Å². The average molecular weight is 375 g/mol. The van der Waals surface area contributed by atoms with E-state index in [0.29, 0.717) is 42.1 Å². The third kappa shape index (κ3) is 3.76. The van der Waals surface area contributed by atoms with Gasteiger partial charge in [0.1, 0.15) is 11.9 Å². The van der Waals surface area contributed by atoms with Gasteiger partial charge in [-0.15, -0.1) is 11.8 Å². The molecular weight excluding hydrogens is 359 g/mol. The van der Waals surface area contributed by atoms with Crippen molar-refractivity contribution in [1.82, 2.24) is 9.80 Å². The van der Waals surface area contributed by atoms with E-state index in [1.54, 1.807) is 21.9 Å². The largest absolute Gasteiger partial charge is 0.378 e. The van der Waals surface area contributed by atoms with Gasteiger partial charge in [0, 0.05) is 13.1 Å². The predicted octanol–water partition coefficient (Wildman–Crippen LogP) is 2.43. The number of benzene rings is 1. The molecule has 1 aromatic rings. The van der Waals surface area contributed by atoms with Crippen LogP contribution in [0.3, 0.4) is 0 Å². The van der Waals surface area contributed by atoms with E-state index >= 15 is 0 Å². The van der Waals surface area contributed by atoms with E-state index in [2.05, 4.69) is 0 Å². The zero-order valence-corrected chi connectivity index (χ0v) is 14.7. The molecule has 2 saturated heterocycles. The van der Waals surface area contributed by atoms with Crippen molar-refractivity contribution in [2.45, 2.75) is 5.37 Å². The van der Waals surface area contributed by atoms with Gasteiger partial charge in [0.25, 0.3) is 0 Å². The fourth-order valence-electron chi connectivity index (χ4n) is 2.63. The summed E-state index contributed by atoms with van der Waals surface area (Å²) >= 11 is 13.5. The molecule has 3 rings (SSSR count). The maximum atomic E-state index is 12.4. The van der Waals surface area contributed by atoms with Gasteiger partial charge in [0.15, 0.2) is 0 Å². The Hall–Kier alpha value is -0.950. The van der Waals surface area contributed by atoms with Crippen LogP contribution in [0.5, 0.6) is 0 Å². The Labute approximate surface area is 148 Å². The highest BCUT2D eigenvalue weighted by atomic mass is 35.5. The quantitative estimate of drug-likeness (QED) is 0.814. The second-order valence-corrected chi connectivity index (χ2v) is 7.23. The van der Waals surface area contributed by atoms with Crippen molar-refractivity contribution >= 4 is 46.8 Å². The van der Waals surface area contributed by atoms with Crippen LogP contribution in [0.4, 0.5) is 0 Å². The minimum atomic E-state index is -0.206. The first-order valence-corrected chi connectivity index (χ1v) is 9.08. The SMILES string of the molecule is O=C(CN1C(=O)CS[C@@H]1c1ccc(Cl)c(Cl)c1)N1CCOCC1. The number of halogens is 2. The Balaban J connectivity index is 1.74. The summed E-state index contributed by atoms with van der Waals surface area (Å²) in [7, 11) is 0. The lowest BCUT2D eigenvalue weighted by molar-refractivity contribution is -0.141. The molecular formula is C15H16Cl2N2O3S. The van der Waals surface area contributed by atoms with Crippen LogP contribution in [0.15, 0.2) is 18.2 Å². The van der Waals surface area contributed by atoms with Crippen LogP contribution >= 0.6 is 35.0 Å². The summed E-state index contributed by atoms with van der Waals surface area (Å²) in [6.07, 6.45) is 0. The topological polar surface area (TPSA) is 49.9 Å². The number of hydrogen-bond acceptors (Lipinski definition) is 4. The first kappa shape index (κ1) is 16.9. The van der Waals surface area contributed by atoms with Gasteiger partial charge in [0.05, 0.1) is 29.0 Å². The Kier molecular flexibility index (Phi) is 5.36. The zero-order chi connectivity index (χ0) is 16.4. The summed E-state index contributed by atoms with van der Waals surface area (Å²) in [6, 6.07) is 5.31. The third-order valence-electron chi connectivity index (χ3n) is 3.87. The summed E-state index contributed by atoms with van der Waals surface area (Å²) < 4.78 is 5.25. The molecule has 2 fully saturated rings. The van der Waals surface area contributed by atoms with Crippen LogP contribution in [-0.2, 0) is 14.3 Å². The third-order valence-corrected chi connectivity index (χ3v) is 5.86. The van der Waals surface area contributed by atoms with Crippen molar-refractivity contribution < 1.29 is 14.3 Å². The molecule has 23 heavy (non-hydrogen) atoms. The van der Waals surface area contributed by atoms with E-state index < -0.39 is 0 Å². The van der Waals surface area contributed by atoms with E-state index in [0.717, 1.165) is 5.56 Å². The molecule has 0 spiro atoms. The van der Waals surface area contributed by atoms with Gasteiger partial charge in [-0.25, -0.2) is 0 Å². The lowest BCUT2D eigenvalue weighted by atomic mass is 10.2. The van der Waals surface area contributed by atoms with E-state index in [4.69, 9.17) is 27.9 Å². The van der Waals surface area contributed by atoms with E-state index in [-0.39, 0.29) is 23.7 Å². The van der Waals surface area contributed by atoms with Gasteiger partial charge in [-0.1, -0.05) is 29.3 Å². The Bertz CT molecular complexity index is 623. The average Bonchev–Trinajstić information content (AvgIpc) is 2.92. The molecule has 2 amide bonds. The highest BCUT2D eigenvalue weighted by Gasteiger charge is 2.35. The van der Waals surface area contributed by atoms with Crippen LogP contribution in [0, 0.1) is 0 Å². The number of carbonyl (C=O) groups is 2. The molecule has 0 saturated carbocycles. The number of nitrogens with zero attached hydrogens (tertiary/aromatic N) is 2. The van der Waals surface area contributed by atoms with Gasteiger partial charge in [-0.3, -0.25) is 9.59 Å². The molecule has 0 unspecified atom stereocenters. The molecule has 0 aromatic heterocycles. The van der Waals surface area contributed by atoms with Crippen LogP contribution in [0.25, 0.3) is 0 Å². The Morgan fingerprint density at radius 3 is 2.70 bits per heavy atom. The number of morpholine rings is 1. The number of ether oxygens (including phenoxy) is 1. The van der Waals surface area contributed by atoms with Crippen LogP contribution in [0.2, 0.25) is 10.0 Å². The maximum absolute atomic E-state index is 12.4. The molecule has 2 heterocycles. The summed E-state index contributed by atoms with van der Waals surface area (Å²) in [5, 5.41) is 0.714. The molecule has 0 aliphatic carbocycles. The van der Waals surface area contributed by atoms with Crippen LogP contribution in [0.1, 0.15) is 10.9 Å². The lowest BCUT2D eigenvalue weighted by Gasteiger charge is -2.30. The molecule has 2 aliphatic heterocycles. The van der Waals surface area contributed by atoms with Crippen molar-refractivity contribution in [2.24, 2.45) is 0 Å². The highest BCUT2D eigenvalue weighted by molar-refractivity contribution is 8.00. The first-order valence-electron chi connectivity index (χ1n) is 7.28. The first-order chi connectivity index (χ1) is 11.1. The Morgan fingerprint density at radius 1 is 1.26 bits per heavy atom. The zero-order valence-electron chi connectivity index (χ0n) is 12.3. The summed E-state index contributed by atoms with van der Waals surface area (Å²) in [5.41, 5.74) is 0.880. The van der Waals surface area contributed by atoms with Crippen molar-refractivity contribution in [2.75, 3.05) is 38.6 Å². The smallest absolute Gasteiger partial charge is 0.242 e. The fraction of sp³-hybridized carbons (Fsp3) is 0.467. The Morgan fingerprint density at radius 2 is 2.00 bits per heavy atom. The predicted molar refractivity (Wildman–Crippen MR) is 90.8 cm³/mol. The van der Waals surface area contributed by atoms with Gasteiger partial charge >= 0.3 is 0 Å². The molecule has 1 aromatic carbocycles. The molecule has 0 radical (unpaired) electrons. The number of carbonyl (C=O) groups excluding carboxylic acids is 2. The van der Waals surface area contributed by atoms with E-state index in [1.165, 1.54) is 11.8 Å². The van der Waals surface area contributed by atoms with Crippen LogP contribution in [-0.4, -0.2) is 60.2 Å². The standard InChI is InChI=1S/C15H16Cl2N2O3S/c16-11-2-1-10(7-12(11)17)15-19(14(21)9-23-15)8-13(20)18-3-5-22-6-4-18/h1-2,7,15H,3-6,8-9H2/t15-/m1/s1. The molecule has 8 heteroatoms. The lowest BCUT2D eigenvalue weighted by Crippen LogP contribution is -2.46. The van der Waals surface area contributed by atoms with Crippen molar-refractivity contribution in [1.29, 1.82) is 0 Å². The molecule has 1 atom stereocenters. The van der Waals surface area contributed by atoms with Gasteiger partial charge in [-0.2, -0.15) is 0 Å². The minimum absolute atomic E-state index is 0.0346. The van der Waals surface area contributed by atoms with Gasteiger partial charge < -0.3 is 14.5 Å². The minimum Gasteiger partial charge on any atom is -0.378 e. The van der Waals surface area contributed by atoms with E-state index in [9.17, 15) is 9.59 Å². The van der Waals surface area contributed by atoms with Gasteiger partial charge in [-0.05, 0) is 17.7 Å². The summed E-state index contributed by atoms with van der Waals surface area (Å²) in [4.78, 5) is 28.0. The van der Waals surface area contributed by atoms with Gasteiger partial charge in [0.2, 0.25) is 11.8 Å². The fourth-order valence-corrected chi connectivity index (χ4v) is 4.11. The maximum Gasteiger partial charge on any atom is 0.242 e. The number of thioether (sulfide) groups is 1. The van der Waals surface area contributed by atoms with E-state index in [1.807, 2.05) is 6.07 Å². The number of rotatable bonds is 3. The normalized spacial score (nSPS) is 21.8. The van der Waals surface area contributed by atoms with Crippen molar-refractivity contribution in [3.63, 3.8) is 0 Å². The number of amides is 2. The monoisotopic (exact) mass is 374 g/mol. The molecule has 0 bridgehead atoms. The number of hydrogen-bond donors (Lipinski definition) is 0. The van der Waals surface area contributed by atoms with Crippen LogP contribution < -0.4 is 0 Å². The summed E-state index contributed by atoms with van der Waals surface area (Å²) in [5.74, 6) is 0.281. The molecule has 5 nitrogen and oxygen atoms in total. The van der Waals surface area contributed by atoms with Crippen molar-refractivity contribution in [3.8, 4) is 0 Å². The second kappa shape index (κ2) is 7.30. The molecule has 0 N–H and O–H groups in total. The molecule has 124 valence electrons. The highest BCUT2D eigenvalue weighted by Crippen LogP contribution is 2.40. The summed E-state index contributed by atoms with van der Waals surface area (Å²) in [6.45, 7) is 2.32. The molecule has 2 aliphatic rings. The second-order valence-electron chi connectivity index (χ2n) is 5.35.